The van der Waals surface area contributed by atoms with Gasteiger partial charge in [-0.1, -0.05) is 0 Å². The quantitative estimate of drug-likeness (QED) is 0.254. The second-order valence-corrected chi connectivity index (χ2v) is 4.66. The Labute approximate surface area is 115 Å². The Hall–Kier alpha value is -2.35. The van der Waals surface area contributed by atoms with Crippen molar-refractivity contribution in [1.29, 1.82) is 0 Å². The summed E-state index contributed by atoms with van der Waals surface area (Å²) in [5, 5.41) is 16.6. The number of amides is 1. The van der Waals surface area contributed by atoms with E-state index in [2.05, 4.69) is 16.1 Å². The number of nitro groups is 1. The van der Waals surface area contributed by atoms with E-state index >= 15 is 0 Å². The molecule has 0 aromatic heterocycles. The predicted octanol–water partition coefficient (Wildman–Crippen LogP) is 0.818. The Kier molecular flexibility index (Phi) is 4.36. The molecule has 5 N–H and O–H groups in total. The maximum Gasteiger partial charge on any atom is 0.273 e. The smallest absolute Gasteiger partial charge is 0.273 e. The van der Waals surface area contributed by atoms with Crippen LogP contribution in [0.5, 0.6) is 0 Å². The van der Waals surface area contributed by atoms with Crippen LogP contribution in [0.15, 0.2) is 18.2 Å². The van der Waals surface area contributed by atoms with Crippen LogP contribution in [-0.2, 0) is 4.79 Å². The Bertz CT molecular complexity index is 516. The lowest BCUT2D eigenvalue weighted by Gasteiger charge is -2.09. The average Bonchev–Trinajstić information content (AvgIpc) is 3.27. The first kappa shape index (κ1) is 14.1. The van der Waals surface area contributed by atoms with Gasteiger partial charge in [0.25, 0.3) is 5.69 Å². The summed E-state index contributed by atoms with van der Waals surface area (Å²) < 4.78 is 0. The third-order valence-electron chi connectivity index (χ3n) is 3.00. The fourth-order valence-corrected chi connectivity index (χ4v) is 1.78. The molecule has 0 spiro atoms. The number of hydrogen-bond acceptors (Lipinski definition) is 6. The number of benzene rings is 1. The minimum atomic E-state index is -0.485. The van der Waals surface area contributed by atoms with Gasteiger partial charge in [-0.3, -0.25) is 20.8 Å². The SMILES string of the molecule is NNc1cc(NCCNC(=O)C2CC2)cc([N+](=O)[O-])c1. The summed E-state index contributed by atoms with van der Waals surface area (Å²) in [5.41, 5.74) is 3.35. The van der Waals surface area contributed by atoms with Gasteiger partial charge in [-0.15, -0.1) is 0 Å². The third kappa shape index (κ3) is 3.82. The molecule has 8 heteroatoms. The first-order valence-electron chi connectivity index (χ1n) is 6.38. The van der Waals surface area contributed by atoms with Crippen LogP contribution in [0.25, 0.3) is 0 Å². The van der Waals surface area contributed by atoms with Gasteiger partial charge in [-0.25, -0.2) is 0 Å². The number of carbonyl (C=O) groups is 1. The number of nitrogens with one attached hydrogen (secondary N) is 3. The summed E-state index contributed by atoms with van der Waals surface area (Å²) in [6.45, 7) is 0.965. The third-order valence-corrected chi connectivity index (χ3v) is 3.00. The summed E-state index contributed by atoms with van der Waals surface area (Å²) in [6, 6.07) is 4.43. The van der Waals surface area contributed by atoms with Crippen LogP contribution in [0.3, 0.4) is 0 Å². The number of nitrogen functional groups attached to an aromatic ring is 1. The molecule has 1 aliphatic rings. The molecule has 0 unspecified atom stereocenters. The molecule has 1 fully saturated rings. The molecule has 0 atom stereocenters. The van der Waals surface area contributed by atoms with Gasteiger partial charge in [0.05, 0.1) is 10.6 Å². The number of nitrogens with zero attached hydrogens (tertiary/aromatic N) is 1. The molecular weight excluding hydrogens is 262 g/mol. The van der Waals surface area contributed by atoms with Crippen LogP contribution >= 0.6 is 0 Å². The number of hydrogen-bond donors (Lipinski definition) is 4. The summed E-state index contributed by atoms with van der Waals surface area (Å²) in [5.74, 6) is 5.53. The van der Waals surface area contributed by atoms with Gasteiger partial charge in [-0.05, 0) is 18.9 Å². The Morgan fingerprint density at radius 1 is 1.30 bits per heavy atom. The zero-order chi connectivity index (χ0) is 14.5. The van der Waals surface area contributed by atoms with E-state index in [0.29, 0.717) is 24.5 Å². The molecule has 0 aliphatic heterocycles. The molecule has 0 radical (unpaired) electrons. The highest BCUT2D eigenvalue weighted by molar-refractivity contribution is 5.80. The molecule has 1 saturated carbocycles. The molecular formula is C12H17N5O3. The lowest BCUT2D eigenvalue weighted by Crippen LogP contribution is -2.29. The minimum Gasteiger partial charge on any atom is -0.383 e. The summed E-state index contributed by atoms with van der Waals surface area (Å²) in [7, 11) is 0. The minimum absolute atomic E-state index is 0.0510. The molecule has 20 heavy (non-hydrogen) atoms. The van der Waals surface area contributed by atoms with Crippen LogP contribution in [0.4, 0.5) is 17.1 Å². The number of carbonyl (C=O) groups excluding carboxylic acids is 1. The highest BCUT2D eigenvalue weighted by atomic mass is 16.6. The van der Waals surface area contributed by atoms with E-state index in [9.17, 15) is 14.9 Å². The van der Waals surface area contributed by atoms with Gasteiger partial charge < -0.3 is 16.1 Å². The van der Waals surface area contributed by atoms with E-state index in [1.54, 1.807) is 6.07 Å². The number of non-ortho nitro benzene ring substituents is 1. The fourth-order valence-electron chi connectivity index (χ4n) is 1.78. The topological polar surface area (TPSA) is 122 Å². The van der Waals surface area contributed by atoms with Crippen molar-refractivity contribution in [3.8, 4) is 0 Å². The molecule has 108 valence electrons. The maximum absolute atomic E-state index is 11.4. The van der Waals surface area contributed by atoms with Gasteiger partial charge in [0, 0.05) is 36.8 Å². The van der Waals surface area contributed by atoms with Crippen molar-refractivity contribution >= 4 is 23.0 Å². The summed E-state index contributed by atoms with van der Waals surface area (Å²) in [6.07, 6.45) is 1.94. The number of rotatable bonds is 7. The lowest BCUT2D eigenvalue weighted by atomic mass is 10.2. The van der Waals surface area contributed by atoms with E-state index in [1.807, 2.05) is 0 Å². The number of nitro benzene ring substituents is 1. The van der Waals surface area contributed by atoms with Crippen LogP contribution in [0.2, 0.25) is 0 Å². The van der Waals surface area contributed by atoms with E-state index in [-0.39, 0.29) is 17.5 Å². The van der Waals surface area contributed by atoms with Crippen LogP contribution in [0.1, 0.15) is 12.8 Å². The number of nitrogens with two attached hydrogens (primary N) is 1. The van der Waals surface area contributed by atoms with E-state index in [4.69, 9.17) is 5.84 Å². The van der Waals surface area contributed by atoms with Crippen molar-refractivity contribution in [2.45, 2.75) is 12.8 Å². The molecule has 8 nitrogen and oxygen atoms in total. The molecule has 0 bridgehead atoms. The zero-order valence-corrected chi connectivity index (χ0v) is 10.9. The van der Waals surface area contributed by atoms with Crippen molar-refractivity contribution in [2.24, 2.45) is 11.8 Å². The van der Waals surface area contributed by atoms with Crippen LogP contribution < -0.4 is 21.9 Å². The first-order chi connectivity index (χ1) is 9.60. The zero-order valence-electron chi connectivity index (χ0n) is 10.9. The van der Waals surface area contributed by atoms with Crippen LogP contribution in [0, 0.1) is 16.0 Å². The highest BCUT2D eigenvalue weighted by Crippen LogP contribution is 2.28. The van der Waals surface area contributed by atoms with Crippen molar-refractivity contribution in [2.75, 3.05) is 23.8 Å². The fraction of sp³-hybridized carbons (Fsp3) is 0.417. The summed E-state index contributed by atoms with van der Waals surface area (Å²) in [4.78, 5) is 21.7. The second kappa shape index (κ2) is 6.20. The van der Waals surface area contributed by atoms with E-state index < -0.39 is 4.92 Å². The maximum atomic E-state index is 11.4. The van der Waals surface area contributed by atoms with E-state index in [1.165, 1.54) is 12.1 Å². The normalized spacial score (nSPS) is 13.7. The first-order valence-corrected chi connectivity index (χ1v) is 6.38. The molecule has 0 heterocycles. The van der Waals surface area contributed by atoms with Crippen LogP contribution in [-0.4, -0.2) is 23.9 Å². The number of anilines is 2. The van der Waals surface area contributed by atoms with Crippen molar-refractivity contribution < 1.29 is 9.72 Å². The average molecular weight is 279 g/mol. The lowest BCUT2D eigenvalue weighted by molar-refractivity contribution is -0.384. The summed E-state index contributed by atoms with van der Waals surface area (Å²) >= 11 is 0. The van der Waals surface area contributed by atoms with Gasteiger partial charge >= 0.3 is 0 Å². The molecule has 0 saturated heterocycles. The monoisotopic (exact) mass is 279 g/mol. The second-order valence-electron chi connectivity index (χ2n) is 4.66. The molecule has 1 aromatic rings. The molecule has 2 rings (SSSR count). The van der Waals surface area contributed by atoms with Gasteiger partial charge in [0.15, 0.2) is 0 Å². The van der Waals surface area contributed by atoms with Gasteiger partial charge in [0.1, 0.15) is 0 Å². The van der Waals surface area contributed by atoms with E-state index in [0.717, 1.165) is 12.8 Å². The van der Waals surface area contributed by atoms with Crippen molar-refractivity contribution in [3.05, 3.63) is 28.3 Å². The van der Waals surface area contributed by atoms with Crippen molar-refractivity contribution in [1.82, 2.24) is 5.32 Å². The largest absolute Gasteiger partial charge is 0.383 e. The Morgan fingerprint density at radius 3 is 2.60 bits per heavy atom. The number of hydrazine groups is 1. The Morgan fingerprint density at radius 2 is 2.00 bits per heavy atom. The van der Waals surface area contributed by atoms with Gasteiger partial charge in [-0.2, -0.15) is 0 Å². The Balaban J connectivity index is 1.86. The molecule has 1 amide bonds. The van der Waals surface area contributed by atoms with Crippen molar-refractivity contribution in [3.63, 3.8) is 0 Å². The molecule has 1 aliphatic carbocycles. The predicted molar refractivity (Wildman–Crippen MR) is 75.1 cm³/mol. The standard InChI is InChI=1S/C12H17N5O3/c13-16-10-5-9(6-11(7-10)17(19)20)14-3-4-15-12(18)8-1-2-8/h5-8,14,16H,1-4,13H2,(H,15,18). The highest BCUT2D eigenvalue weighted by Gasteiger charge is 2.28. The van der Waals surface area contributed by atoms with Gasteiger partial charge in [0.2, 0.25) is 5.91 Å². The molecule has 1 aromatic carbocycles.